The Kier molecular flexibility index (Phi) is 4.30. The van der Waals surface area contributed by atoms with Crippen molar-refractivity contribution in [3.63, 3.8) is 0 Å². The summed E-state index contributed by atoms with van der Waals surface area (Å²) in [6.45, 7) is 0.0847. The first-order chi connectivity index (χ1) is 9.88. The maximum absolute atomic E-state index is 12.3. The second kappa shape index (κ2) is 5.84. The highest BCUT2D eigenvalue weighted by Gasteiger charge is 2.40. The summed E-state index contributed by atoms with van der Waals surface area (Å²) in [5.41, 5.74) is -0.425. The number of nitrogens with zero attached hydrogens (tertiary/aromatic N) is 1. The van der Waals surface area contributed by atoms with E-state index in [1.54, 1.807) is 12.1 Å². The number of sulfonamides is 1. The fourth-order valence-electron chi connectivity index (χ4n) is 2.53. The van der Waals surface area contributed by atoms with Crippen LogP contribution < -0.4 is 4.72 Å². The highest BCUT2D eigenvalue weighted by atomic mass is 32.2. The number of carbonyl (C=O) groups is 1. The molecule has 112 valence electrons. The summed E-state index contributed by atoms with van der Waals surface area (Å²) in [7, 11) is -3.81. The van der Waals surface area contributed by atoms with Gasteiger partial charge in [0.1, 0.15) is 6.07 Å². The minimum absolute atomic E-state index is 0.0462. The highest BCUT2D eigenvalue weighted by molar-refractivity contribution is 7.89. The third-order valence-electron chi connectivity index (χ3n) is 3.87. The minimum Gasteiger partial charge on any atom is -0.481 e. The van der Waals surface area contributed by atoms with Crippen molar-refractivity contribution < 1.29 is 18.3 Å². The fraction of sp³-hybridized carbons (Fsp3) is 0.429. The Bertz CT molecular complexity index is 687. The van der Waals surface area contributed by atoms with E-state index in [4.69, 9.17) is 10.4 Å². The molecule has 0 amide bonds. The van der Waals surface area contributed by atoms with Gasteiger partial charge in [-0.1, -0.05) is 18.6 Å². The molecule has 0 bridgehead atoms. The number of carboxylic acids is 1. The van der Waals surface area contributed by atoms with Crippen molar-refractivity contribution in [1.29, 1.82) is 5.26 Å². The lowest BCUT2D eigenvalue weighted by Gasteiger charge is -2.40. The van der Waals surface area contributed by atoms with Crippen molar-refractivity contribution in [2.45, 2.75) is 30.6 Å². The van der Waals surface area contributed by atoms with Gasteiger partial charge in [0.2, 0.25) is 10.0 Å². The molecule has 1 aromatic carbocycles. The molecule has 6 nitrogen and oxygen atoms in total. The van der Waals surface area contributed by atoms with Gasteiger partial charge in [-0.3, -0.25) is 4.79 Å². The van der Waals surface area contributed by atoms with Gasteiger partial charge in [0.15, 0.2) is 0 Å². The van der Waals surface area contributed by atoms with Gasteiger partial charge in [-0.05, 0) is 30.4 Å². The molecule has 0 heterocycles. The van der Waals surface area contributed by atoms with Crippen molar-refractivity contribution >= 4 is 16.0 Å². The molecule has 1 saturated carbocycles. The van der Waals surface area contributed by atoms with Gasteiger partial charge in [-0.15, -0.1) is 0 Å². The summed E-state index contributed by atoms with van der Waals surface area (Å²) in [5, 5.41) is 17.9. The van der Waals surface area contributed by atoms with Crippen LogP contribution >= 0.6 is 0 Å². The normalized spacial score (nSPS) is 16.7. The Labute approximate surface area is 123 Å². The molecule has 0 aromatic heterocycles. The van der Waals surface area contributed by atoms with E-state index in [0.717, 1.165) is 6.42 Å². The van der Waals surface area contributed by atoms with Crippen molar-refractivity contribution in [2.24, 2.45) is 5.41 Å². The third kappa shape index (κ3) is 3.40. The lowest BCUT2D eigenvalue weighted by molar-refractivity contribution is -0.141. The summed E-state index contributed by atoms with van der Waals surface area (Å²) in [4.78, 5) is 10.8. The van der Waals surface area contributed by atoms with Gasteiger partial charge in [0.25, 0.3) is 0 Å². The van der Waals surface area contributed by atoms with Crippen LogP contribution in [0.3, 0.4) is 0 Å². The second-order valence-electron chi connectivity index (χ2n) is 5.36. The number of carboxylic acid groups (broad SMARTS) is 1. The molecule has 21 heavy (non-hydrogen) atoms. The van der Waals surface area contributed by atoms with E-state index >= 15 is 0 Å². The fourth-order valence-corrected chi connectivity index (χ4v) is 3.85. The van der Waals surface area contributed by atoms with Gasteiger partial charge in [-0.25, -0.2) is 13.1 Å². The zero-order valence-corrected chi connectivity index (χ0v) is 12.2. The van der Waals surface area contributed by atoms with E-state index in [1.165, 1.54) is 12.1 Å². The molecule has 7 heteroatoms. The molecular weight excluding hydrogens is 292 g/mol. The lowest BCUT2D eigenvalue weighted by atomic mass is 9.67. The highest BCUT2D eigenvalue weighted by Crippen LogP contribution is 2.43. The summed E-state index contributed by atoms with van der Waals surface area (Å²) in [6.07, 6.45) is 2.25. The zero-order chi connectivity index (χ0) is 15.5. The second-order valence-corrected chi connectivity index (χ2v) is 7.09. The molecule has 1 fully saturated rings. The van der Waals surface area contributed by atoms with Crippen molar-refractivity contribution in [3.05, 3.63) is 29.8 Å². The maximum atomic E-state index is 12.3. The SMILES string of the molecule is N#Cc1ccccc1S(=O)(=O)NCC1(CC(=O)O)CCC1. The first-order valence-corrected chi connectivity index (χ1v) is 8.07. The van der Waals surface area contributed by atoms with Crippen LogP contribution in [0.2, 0.25) is 0 Å². The largest absolute Gasteiger partial charge is 0.481 e. The number of benzene rings is 1. The van der Waals surface area contributed by atoms with Crippen LogP contribution in [0.25, 0.3) is 0 Å². The van der Waals surface area contributed by atoms with Gasteiger partial charge in [0, 0.05) is 6.54 Å². The molecule has 1 aliphatic rings. The van der Waals surface area contributed by atoms with Crippen LogP contribution in [-0.2, 0) is 14.8 Å². The molecule has 2 rings (SSSR count). The molecule has 1 aromatic rings. The van der Waals surface area contributed by atoms with Crippen LogP contribution in [-0.4, -0.2) is 26.0 Å². The molecule has 1 aliphatic carbocycles. The molecule has 0 saturated heterocycles. The van der Waals surface area contributed by atoms with E-state index in [0.29, 0.717) is 12.8 Å². The average molecular weight is 308 g/mol. The Morgan fingerprint density at radius 2 is 2.05 bits per heavy atom. The first kappa shape index (κ1) is 15.5. The van der Waals surface area contributed by atoms with Gasteiger partial charge < -0.3 is 5.11 Å². The number of hydrogen-bond acceptors (Lipinski definition) is 4. The predicted molar refractivity (Wildman–Crippen MR) is 74.9 cm³/mol. The molecule has 0 spiro atoms. The summed E-state index contributed by atoms with van der Waals surface area (Å²) in [6, 6.07) is 7.79. The number of nitriles is 1. The first-order valence-electron chi connectivity index (χ1n) is 6.59. The monoisotopic (exact) mass is 308 g/mol. The quantitative estimate of drug-likeness (QED) is 0.827. The van der Waals surface area contributed by atoms with Gasteiger partial charge in [0.05, 0.1) is 16.9 Å². The van der Waals surface area contributed by atoms with Crippen molar-refractivity contribution in [2.75, 3.05) is 6.54 Å². The van der Waals surface area contributed by atoms with Crippen LogP contribution in [0.15, 0.2) is 29.2 Å². The minimum atomic E-state index is -3.81. The maximum Gasteiger partial charge on any atom is 0.303 e. The Morgan fingerprint density at radius 3 is 2.57 bits per heavy atom. The molecule has 0 aliphatic heterocycles. The van der Waals surface area contributed by atoms with E-state index < -0.39 is 21.4 Å². The summed E-state index contributed by atoms with van der Waals surface area (Å²) in [5.74, 6) is -0.925. The number of aliphatic carboxylic acids is 1. The predicted octanol–water partition coefficient (Wildman–Crippen LogP) is 1.48. The van der Waals surface area contributed by atoms with Crippen LogP contribution in [0.1, 0.15) is 31.2 Å². The Morgan fingerprint density at radius 1 is 1.38 bits per heavy atom. The topological polar surface area (TPSA) is 107 Å². The Hall–Kier alpha value is -1.91. The molecule has 0 atom stereocenters. The lowest BCUT2D eigenvalue weighted by Crippen LogP contribution is -2.43. The van der Waals surface area contributed by atoms with Crippen LogP contribution in [0, 0.1) is 16.7 Å². The van der Waals surface area contributed by atoms with Crippen molar-refractivity contribution in [1.82, 2.24) is 4.72 Å². The molecular formula is C14H16N2O4S. The Balaban J connectivity index is 2.15. The number of hydrogen-bond donors (Lipinski definition) is 2. The molecule has 2 N–H and O–H groups in total. The van der Waals surface area contributed by atoms with Crippen LogP contribution in [0.5, 0.6) is 0 Å². The van der Waals surface area contributed by atoms with E-state index in [2.05, 4.69) is 4.72 Å². The summed E-state index contributed by atoms with van der Waals surface area (Å²) >= 11 is 0. The van der Waals surface area contributed by atoms with E-state index in [-0.39, 0.29) is 23.4 Å². The smallest absolute Gasteiger partial charge is 0.303 e. The van der Waals surface area contributed by atoms with E-state index in [1.807, 2.05) is 6.07 Å². The third-order valence-corrected chi connectivity index (χ3v) is 5.33. The zero-order valence-electron chi connectivity index (χ0n) is 11.4. The van der Waals surface area contributed by atoms with E-state index in [9.17, 15) is 13.2 Å². The standard InChI is InChI=1S/C14H16N2O4S/c15-9-11-4-1-2-5-12(11)21(19,20)16-10-14(6-3-7-14)8-13(17)18/h1-2,4-5,16H,3,6-8,10H2,(H,17,18). The van der Waals surface area contributed by atoms with Crippen molar-refractivity contribution in [3.8, 4) is 6.07 Å². The van der Waals surface area contributed by atoms with Gasteiger partial charge >= 0.3 is 5.97 Å². The van der Waals surface area contributed by atoms with Gasteiger partial charge in [-0.2, -0.15) is 5.26 Å². The number of rotatable bonds is 6. The number of nitrogens with one attached hydrogen (secondary N) is 1. The molecule has 0 unspecified atom stereocenters. The molecule has 0 radical (unpaired) electrons. The average Bonchev–Trinajstić information content (AvgIpc) is 2.41. The van der Waals surface area contributed by atoms with Crippen LogP contribution in [0.4, 0.5) is 0 Å². The summed E-state index contributed by atoms with van der Waals surface area (Å²) < 4.78 is 27.0.